The highest BCUT2D eigenvalue weighted by molar-refractivity contribution is 6.01. The van der Waals surface area contributed by atoms with Gasteiger partial charge in [0.25, 0.3) is 0 Å². The number of pyridine rings is 2. The van der Waals surface area contributed by atoms with Crippen LogP contribution < -0.4 is 4.90 Å². The molecule has 0 bridgehead atoms. The van der Waals surface area contributed by atoms with Crippen LogP contribution >= 0.6 is 0 Å². The van der Waals surface area contributed by atoms with E-state index >= 15 is 0 Å². The van der Waals surface area contributed by atoms with Crippen molar-refractivity contribution < 1.29 is 0 Å². The molecule has 0 N–H and O–H groups in total. The number of anilines is 1. The van der Waals surface area contributed by atoms with Crippen molar-refractivity contribution in [2.24, 2.45) is 0 Å². The third-order valence-corrected chi connectivity index (χ3v) is 10.4. The van der Waals surface area contributed by atoms with Gasteiger partial charge in [-0.05, 0) is 83.5 Å². The Balaban J connectivity index is 1.38. The van der Waals surface area contributed by atoms with Crippen LogP contribution in [0.15, 0.2) is 116 Å². The summed E-state index contributed by atoms with van der Waals surface area (Å²) in [4.78, 5) is 14.0. The zero-order valence-electron chi connectivity index (χ0n) is 23.3. The molecule has 5 aromatic rings. The van der Waals surface area contributed by atoms with Crippen molar-refractivity contribution in [3.63, 3.8) is 0 Å². The summed E-state index contributed by atoms with van der Waals surface area (Å²) >= 11 is 0. The summed E-state index contributed by atoms with van der Waals surface area (Å²) < 4.78 is 0. The molecular formula is C37H30N4. The fourth-order valence-corrected chi connectivity index (χ4v) is 8.39. The molecule has 3 aromatic carbocycles. The average Bonchev–Trinajstić information content (AvgIpc) is 3.49. The Morgan fingerprint density at radius 3 is 2.02 bits per heavy atom. The summed E-state index contributed by atoms with van der Waals surface area (Å²) in [5.41, 5.74) is 14.5. The molecule has 0 saturated heterocycles. The average molecular weight is 531 g/mol. The number of fused-ring (bicyclic) bond motifs is 6. The second kappa shape index (κ2) is 7.94. The van der Waals surface area contributed by atoms with Gasteiger partial charge in [0, 0.05) is 58.6 Å². The molecular weight excluding hydrogens is 500 g/mol. The first-order valence-corrected chi connectivity index (χ1v) is 14.6. The van der Waals surface area contributed by atoms with E-state index in [1.165, 1.54) is 62.3 Å². The standard InChI is InChI=1S/C37H30N4/c1-3-37-23-36(37,2)40-22-32(41-31-13-5-4-8-28(31)29-11-7-12-30(37)34(29)35(40)41)33-26(24-14-18-38-19-15-24)9-6-10-27(33)25-16-20-39-21-17-25/h4-22,35H,3,23H2,1-2H3. The molecule has 3 aliphatic heterocycles. The number of rotatable bonds is 4. The molecule has 1 aliphatic carbocycles. The maximum atomic E-state index is 4.33. The van der Waals surface area contributed by atoms with Crippen molar-refractivity contribution in [2.75, 3.05) is 4.90 Å². The second-order valence-electron chi connectivity index (χ2n) is 12.0. The Kier molecular flexibility index (Phi) is 4.47. The predicted octanol–water partition coefficient (Wildman–Crippen LogP) is 8.43. The molecule has 198 valence electrons. The van der Waals surface area contributed by atoms with Crippen molar-refractivity contribution >= 4 is 11.4 Å². The Hall–Kier alpha value is -4.70. The lowest BCUT2D eigenvalue weighted by Crippen LogP contribution is -2.48. The number of nitrogens with zero attached hydrogens (tertiary/aromatic N) is 4. The van der Waals surface area contributed by atoms with E-state index in [-0.39, 0.29) is 17.1 Å². The molecule has 3 atom stereocenters. The minimum Gasteiger partial charge on any atom is -0.345 e. The smallest absolute Gasteiger partial charge is 0.134 e. The predicted molar refractivity (Wildman–Crippen MR) is 165 cm³/mol. The highest BCUT2D eigenvalue weighted by Crippen LogP contribution is 2.73. The second-order valence-corrected chi connectivity index (χ2v) is 12.0. The fraction of sp³-hybridized carbons (Fsp3) is 0.189. The molecule has 5 heterocycles. The van der Waals surface area contributed by atoms with E-state index in [2.05, 4.69) is 125 Å². The van der Waals surface area contributed by atoms with E-state index in [0.29, 0.717) is 0 Å². The van der Waals surface area contributed by atoms with Crippen LogP contribution in [0, 0.1) is 0 Å². The first-order chi connectivity index (χ1) is 20.2. The van der Waals surface area contributed by atoms with Crippen LogP contribution in [0.25, 0.3) is 39.1 Å². The van der Waals surface area contributed by atoms with Crippen LogP contribution in [-0.4, -0.2) is 20.4 Å². The van der Waals surface area contributed by atoms with Gasteiger partial charge in [-0.1, -0.05) is 61.5 Å². The summed E-state index contributed by atoms with van der Waals surface area (Å²) in [6.07, 6.45) is 12.5. The highest BCUT2D eigenvalue weighted by Gasteiger charge is 2.73. The maximum Gasteiger partial charge on any atom is 0.134 e. The largest absolute Gasteiger partial charge is 0.345 e. The Labute approximate surface area is 240 Å². The summed E-state index contributed by atoms with van der Waals surface area (Å²) in [6.45, 7) is 4.86. The van der Waals surface area contributed by atoms with Crippen LogP contribution in [0.1, 0.15) is 49.5 Å². The molecule has 4 heteroatoms. The Morgan fingerprint density at radius 1 is 0.732 bits per heavy atom. The van der Waals surface area contributed by atoms with E-state index < -0.39 is 0 Å². The third-order valence-electron chi connectivity index (χ3n) is 10.4. The van der Waals surface area contributed by atoms with Gasteiger partial charge in [-0.2, -0.15) is 0 Å². The van der Waals surface area contributed by atoms with E-state index in [9.17, 15) is 0 Å². The van der Waals surface area contributed by atoms with Gasteiger partial charge < -0.3 is 9.80 Å². The molecule has 1 fully saturated rings. The molecule has 4 aliphatic rings. The number of hydrogen-bond donors (Lipinski definition) is 0. The van der Waals surface area contributed by atoms with Crippen LogP contribution in [0.2, 0.25) is 0 Å². The normalized spacial score (nSPS) is 24.3. The lowest BCUT2D eigenvalue weighted by atomic mass is 9.76. The number of para-hydroxylation sites is 1. The summed E-state index contributed by atoms with van der Waals surface area (Å²) in [5, 5.41) is 0. The molecule has 9 rings (SSSR count). The van der Waals surface area contributed by atoms with Crippen LogP contribution in [0.3, 0.4) is 0 Å². The summed E-state index contributed by atoms with van der Waals surface area (Å²) in [7, 11) is 0. The van der Waals surface area contributed by atoms with Gasteiger partial charge in [0.1, 0.15) is 6.17 Å². The lowest BCUT2D eigenvalue weighted by Gasteiger charge is -2.49. The lowest BCUT2D eigenvalue weighted by molar-refractivity contribution is 0.173. The molecule has 0 radical (unpaired) electrons. The quantitative estimate of drug-likeness (QED) is 0.233. The van der Waals surface area contributed by atoms with Gasteiger partial charge in [-0.25, -0.2) is 0 Å². The molecule has 3 unspecified atom stereocenters. The van der Waals surface area contributed by atoms with Crippen LogP contribution in [-0.2, 0) is 5.41 Å². The van der Waals surface area contributed by atoms with Crippen molar-refractivity contribution in [3.05, 3.63) is 133 Å². The molecule has 41 heavy (non-hydrogen) atoms. The van der Waals surface area contributed by atoms with Crippen LogP contribution in [0.5, 0.6) is 0 Å². The molecule has 4 nitrogen and oxygen atoms in total. The third kappa shape index (κ3) is 2.80. The SMILES string of the molecule is CCC12CC1(C)N1C=C(c3c(-c4ccncc4)cccc3-c3ccncc3)N3c4ccccc4-c4cccc2c4C31. The zero-order chi connectivity index (χ0) is 27.3. The Morgan fingerprint density at radius 2 is 1.34 bits per heavy atom. The molecule has 1 saturated carbocycles. The van der Waals surface area contributed by atoms with Gasteiger partial charge in [0.05, 0.1) is 11.4 Å². The first-order valence-electron chi connectivity index (χ1n) is 14.6. The van der Waals surface area contributed by atoms with E-state index in [1.807, 2.05) is 24.8 Å². The maximum absolute atomic E-state index is 4.33. The molecule has 0 spiro atoms. The monoisotopic (exact) mass is 530 g/mol. The van der Waals surface area contributed by atoms with Crippen molar-refractivity contribution in [3.8, 4) is 33.4 Å². The zero-order valence-corrected chi connectivity index (χ0v) is 23.3. The van der Waals surface area contributed by atoms with Gasteiger partial charge in [0.15, 0.2) is 0 Å². The van der Waals surface area contributed by atoms with Gasteiger partial charge in [0.2, 0.25) is 0 Å². The number of aromatic nitrogens is 2. The van der Waals surface area contributed by atoms with E-state index in [4.69, 9.17) is 0 Å². The summed E-state index contributed by atoms with van der Waals surface area (Å²) in [5.74, 6) is 0. The minimum atomic E-state index is 0.0762. The summed E-state index contributed by atoms with van der Waals surface area (Å²) in [6, 6.07) is 31.2. The van der Waals surface area contributed by atoms with Crippen molar-refractivity contribution in [1.82, 2.24) is 14.9 Å². The minimum absolute atomic E-state index is 0.0762. The first kappa shape index (κ1) is 23.0. The van der Waals surface area contributed by atoms with Crippen molar-refractivity contribution in [2.45, 2.75) is 43.8 Å². The van der Waals surface area contributed by atoms with Gasteiger partial charge in [-0.3, -0.25) is 9.97 Å². The van der Waals surface area contributed by atoms with Gasteiger partial charge >= 0.3 is 0 Å². The Bertz CT molecular complexity index is 1840. The van der Waals surface area contributed by atoms with E-state index in [1.54, 1.807) is 5.56 Å². The number of hydrogen-bond acceptors (Lipinski definition) is 4. The van der Waals surface area contributed by atoms with Crippen LogP contribution in [0.4, 0.5) is 5.69 Å². The highest BCUT2D eigenvalue weighted by atomic mass is 15.5. The molecule has 0 amide bonds. The van der Waals surface area contributed by atoms with E-state index in [0.717, 1.165) is 6.42 Å². The topological polar surface area (TPSA) is 32.3 Å². The fourth-order valence-electron chi connectivity index (χ4n) is 8.39. The number of benzene rings is 3. The molecule has 2 aromatic heterocycles. The van der Waals surface area contributed by atoms with Gasteiger partial charge in [-0.15, -0.1) is 0 Å². The van der Waals surface area contributed by atoms with Crippen molar-refractivity contribution in [1.29, 1.82) is 0 Å².